The number of aryl methyl sites for hydroxylation is 2. The van der Waals surface area contributed by atoms with E-state index in [9.17, 15) is 4.79 Å². The van der Waals surface area contributed by atoms with E-state index in [1.54, 1.807) is 11.0 Å². The van der Waals surface area contributed by atoms with E-state index in [0.29, 0.717) is 12.4 Å². The maximum absolute atomic E-state index is 12.9. The average Bonchev–Trinajstić information content (AvgIpc) is 3.25. The Bertz CT molecular complexity index is 1170. The predicted molar refractivity (Wildman–Crippen MR) is 112 cm³/mol. The van der Waals surface area contributed by atoms with Crippen molar-refractivity contribution < 1.29 is 4.79 Å². The molecule has 7 heteroatoms. The number of nitrogens with one attached hydrogen (secondary N) is 1. The summed E-state index contributed by atoms with van der Waals surface area (Å²) in [5, 5.41) is 8.55. The summed E-state index contributed by atoms with van der Waals surface area (Å²) in [6.07, 6.45) is 2.60. The molecule has 1 aliphatic rings. The van der Waals surface area contributed by atoms with Gasteiger partial charge in [-0.05, 0) is 48.2 Å². The molecule has 0 saturated carbocycles. The van der Waals surface area contributed by atoms with E-state index in [0.717, 1.165) is 30.8 Å². The Balaban J connectivity index is 1.31. The molecule has 0 saturated heterocycles. The lowest BCUT2D eigenvalue weighted by atomic mass is 10.2. The second-order valence-electron chi connectivity index (χ2n) is 7.37. The molecule has 2 aromatic heterocycles. The van der Waals surface area contributed by atoms with E-state index in [1.165, 1.54) is 16.6 Å². The van der Waals surface area contributed by atoms with Crippen LogP contribution in [-0.2, 0) is 20.1 Å². The predicted octanol–water partition coefficient (Wildman–Crippen LogP) is 3.87. The number of carbonyl (C=O) groups is 1. The molecule has 5 rings (SSSR count). The maximum Gasteiger partial charge on any atom is 0.322 e. The summed E-state index contributed by atoms with van der Waals surface area (Å²) in [5.74, 6) is 0.672. The number of benzene rings is 2. The molecule has 0 aliphatic carbocycles. The van der Waals surface area contributed by atoms with Crippen molar-refractivity contribution in [1.82, 2.24) is 24.2 Å². The van der Waals surface area contributed by atoms with Gasteiger partial charge in [0.25, 0.3) is 0 Å². The Labute approximate surface area is 168 Å². The van der Waals surface area contributed by atoms with Gasteiger partial charge in [-0.3, -0.25) is 4.68 Å². The van der Waals surface area contributed by atoms with E-state index in [4.69, 9.17) is 0 Å². The van der Waals surface area contributed by atoms with E-state index in [2.05, 4.69) is 50.3 Å². The Morgan fingerprint density at radius 2 is 1.90 bits per heavy atom. The monoisotopic (exact) mass is 386 g/mol. The number of carbonyl (C=O) groups excluding carboxylic acids is 1. The number of hydrogen-bond acceptors (Lipinski definition) is 3. The topological polar surface area (TPSA) is 68.0 Å². The third kappa shape index (κ3) is 3.35. The molecule has 0 bridgehead atoms. The van der Waals surface area contributed by atoms with Gasteiger partial charge in [0.05, 0.1) is 6.54 Å². The van der Waals surface area contributed by atoms with Crippen molar-refractivity contribution in [2.24, 2.45) is 7.05 Å². The lowest BCUT2D eigenvalue weighted by Gasteiger charge is -2.20. The molecule has 1 aliphatic heterocycles. The van der Waals surface area contributed by atoms with Gasteiger partial charge in [-0.1, -0.05) is 18.2 Å². The SMILES string of the molecule is Cn1cnc(-c2ccc(NC(=O)N3CCCn4c(cc5ccccc54)C3)cc2)n1. The highest BCUT2D eigenvalue weighted by molar-refractivity contribution is 5.90. The van der Waals surface area contributed by atoms with Crippen LogP contribution in [-0.4, -0.2) is 36.8 Å². The van der Waals surface area contributed by atoms with Crippen molar-refractivity contribution in [3.8, 4) is 11.4 Å². The van der Waals surface area contributed by atoms with Crippen molar-refractivity contribution >= 4 is 22.6 Å². The van der Waals surface area contributed by atoms with Crippen LogP contribution in [0.25, 0.3) is 22.3 Å². The van der Waals surface area contributed by atoms with Crippen LogP contribution in [0.1, 0.15) is 12.1 Å². The number of anilines is 1. The van der Waals surface area contributed by atoms with Crippen molar-refractivity contribution in [1.29, 1.82) is 0 Å². The number of rotatable bonds is 2. The lowest BCUT2D eigenvalue weighted by Crippen LogP contribution is -2.34. The van der Waals surface area contributed by atoms with Gasteiger partial charge in [0, 0.05) is 42.6 Å². The zero-order valence-corrected chi connectivity index (χ0v) is 16.2. The minimum absolute atomic E-state index is 0.0765. The van der Waals surface area contributed by atoms with Gasteiger partial charge in [-0.2, -0.15) is 5.10 Å². The Kier molecular flexibility index (Phi) is 4.27. The van der Waals surface area contributed by atoms with Crippen LogP contribution in [0.3, 0.4) is 0 Å². The zero-order chi connectivity index (χ0) is 19.8. The lowest BCUT2D eigenvalue weighted by molar-refractivity contribution is 0.210. The van der Waals surface area contributed by atoms with Crippen LogP contribution >= 0.6 is 0 Å². The molecule has 4 aromatic rings. The normalized spacial score (nSPS) is 13.9. The summed E-state index contributed by atoms with van der Waals surface area (Å²) in [7, 11) is 1.84. The van der Waals surface area contributed by atoms with E-state index in [-0.39, 0.29) is 6.03 Å². The van der Waals surface area contributed by atoms with Crippen LogP contribution < -0.4 is 5.32 Å². The van der Waals surface area contributed by atoms with Crippen LogP contribution in [0, 0.1) is 0 Å². The van der Waals surface area contributed by atoms with Crippen molar-refractivity contribution in [3.05, 3.63) is 66.6 Å². The first-order valence-corrected chi connectivity index (χ1v) is 9.76. The van der Waals surface area contributed by atoms with Gasteiger partial charge in [-0.15, -0.1) is 0 Å². The molecular weight excluding hydrogens is 364 g/mol. The Hall–Kier alpha value is -3.61. The third-order valence-electron chi connectivity index (χ3n) is 5.34. The first-order chi connectivity index (χ1) is 14.2. The fourth-order valence-corrected chi connectivity index (χ4v) is 3.91. The second kappa shape index (κ2) is 7.09. The van der Waals surface area contributed by atoms with Gasteiger partial charge in [0.15, 0.2) is 5.82 Å². The van der Waals surface area contributed by atoms with Gasteiger partial charge < -0.3 is 14.8 Å². The highest BCUT2D eigenvalue weighted by Crippen LogP contribution is 2.24. The summed E-state index contributed by atoms with van der Waals surface area (Å²) in [5.41, 5.74) is 4.10. The van der Waals surface area contributed by atoms with Gasteiger partial charge in [0.1, 0.15) is 6.33 Å². The average molecular weight is 386 g/mol. The molecule has 7 nitrogen and oxygen atoms in total. The number of hydrogen-bond donors (Lipinski definition) is 1. The van der Waals surface area contributed by atoms with Gasteiger partial charge in [-0.25, -0.2) is 9.78 Å². The molecule has 0 fully saturated rings. The fraction of sp³-hybridized carbons (Fsp3) is 0.227. The van der Waals surface area contributed by atoms with E-state index < -0.39 is 0 Å². The van der Waals surface area contributed by atoms with Crippen LogP contribution in [0.2, 0.25) is 0 Å². The van der Waals surface area contributed by atoms with Gasteiger partial charge in [0.2, 0.25) is 0 Å². The minimum Gasteiger partial charge on any atom is -0.343 e. The molecule has 0 spiro atoms. The molecule has 0 unspecified atom stereocenters. The van der Waals surface area contributed by atoms with Crippen LogP contribution in [0.5, 0.6) is 0 Å². The molecule has 146 valence electrons. The highest BCUT2D eigenvalue weighted by Gasteiger charge is 2.20. The molecule has 29 heavy (non-hydrogen) atoms. The number of nitrogens with zero attached hydrogens (tertiary/aromatic N) is 5. The molecule has 2 aromatic carbocycles. The number of amides is 2. The molecular formula is C22H22N6O. The van der Waals surface area contributed by atoms with Crippen molar-refractivity contribution in [2.45, 2.75) is 19.5 Å². The van der Waals surface area contributed by atoms with Crippen LogP contribution in [0.15, 0.2) is 60.9 Å². The first-order valence-electron chi connectivity index (χ1n) is 9.76. The summed E-state index contributed by atoms with van der Waals surface area (Å²) >= 11 is 0. The quantitative estimate of drug-likeness (QED) is 0.569. The molecule has 3 heterocycles. The van der Waals surface area contributed by atoms with E-state index in [1.807, 2.05) is 36.2 Å². The summed E-state index contributed by atoms with van der Waals surface area (Å²) in [6.45, 7) is 2.27. The fourth-order valence-electron chi connectivity index (χ4n) is 3.91. The maximum atomic E-state index is 12.9. The molecule has 0 radical (unpaired) electrons. The second-order valence-corrected chi connectivity index (χ2v) is 7.37. The first kappa shape index (κ1) is 17.5. The van der Waals surface area contributed by atoms with E-state index >= 15 is 0 Å². The standard InChI is InChI=1S/C22H22N6O/c1-26-15-23-21(25-26)16-7-9-18(10-8-16)24-22(29)27-11-4-12-28-19(14-27)13-17-5-2-3-6-20(17)28/h2-3,5-10,13,15H,4,11-12,14H2,1H3,(H,24,29). The molecule has 0 atom stereocenters. The summed E-state index contributed by atoms with van der Waals surface area (Å²) < 4.78 is 4.00. The number of aromatic nitrogens is 4. The van der Waals surface area contributed by atoms with Gasteiger partial charge >= 0.3 is 6.03 Å². The highest BCUT2D eigenvalue weighted by atomic mass is 16.2. The molecule has 1 N–H and O–H groups in total. The zero-order valence-electron chi connectivity index (χ0n) is 16.2. The van der Waals surface area contributed by atoms with Crippen LogP contribution in [0.4, 0.5) is 10.5 Å². The van der Waals surface area contributed by atoms with Crippen molar-refractivity contribution in [3.63, 3.8) is 0 Å². The van der Waals surface area contributed by atoms with Crippen molar-refractivity contribution in [2.75, 3.05) is 11.9 Å². The number of para-hydroxylation sites is 1. The Morgan fingerprint density at radius 1 is 1.07 bits per heavy atom. The Morgan fingerprint density at radius 3 is 2.69 bits per heavy atom. The molecule has 2 amide bonds. The largest absolute Gasteiger partial charge is 0.343 e. The third-order valence-corrected chi connectivity index (χ3v) is 5.34. The summed E-state index contributed by atoms with van der Waals surface area (Å²) in [6, 6.07) is 18.1. The smallest absolute Gasteiger partial charge is 0.322 e. The summed E-state index contributed by atoms with van der Waals surface area (Å²) in [4.78, 5) is 19.0. The number of urea groups is 1. The minimum atomic E-state index is -0.0765. The number of fused-ring (bicyclic) bond motifs is 3.